The average molecular weight is 318 g/mol. The van der Waals surface area contributed by atoms with E-state index in [1.165, 1.54) is 0 Å². The lowest BCUT2D eigenvalue weighted by atomic mass is 10.0. The molecule has 1 unspecified atom stereocenters. The molecule has 3 amide bonds. The number of carbonyl (C=O) groups excluding carboxylic acids is 3. The van der Waals surface area contributed by atoms with E-state index in [-0.39, 0.29) is 17.0 Å². The van der Waals surface area contributed by atoms with E-state index in [0.717, 1.165) is 10.5 Å². The lowest BCUT2D eigenvalue weighted by molar-refractivity contribution is -0.143. The Kier molecular flexibility index (Phi) is 4.49. The minimum atomic E-state index is -1.16. The van der Waals surface area contributed by atoms with Crippen molar-refractivity contribution in [3.05, 3.63) is 34.9 Å². The number of hydrogen-bond acceptors (Lipinski definition) is 4. The number of imide groups is 1. The monoisotopic (exact) mass is 318 g/mol. The fourth-order valence-corrected chi connectivity index (χ4v) is 2.42. The van der Waals surface area contributed by atoms with Gasteiger partial charge in [0.25, 0.3) is 11.8 Å². The Balaban J connectivity index is 2.13. The lowest BCUT2D eigenvalue weighted by Gasteiger charge is -2.20. The fraction of sp³-hybridized carbons (Fsp3) is 0.375. The van der Waals surface area contributed by atoms with Gasteiger partial charge in [-0.25, -0.2) is 4.79 Å². The molecule has 0 aromatic heterocycles. The van der Waals surface area contributed by atoms with Crippen molar-refractivity contribution in [3.8, 4) is 0 Å². The maximum Gasteiger partial charge on any atom is 0.326 e. The topological polar surface area (TPSA) is 104 Å². The Morgan fingerprint density at radius 3 is 2.35 bits per heavy atom. The minimum Gasteiger partial charge on any atom is -0.480 e. The van der Waals surface area contributed by atoms with Crippen LogP contribution in [-0.4, -0.2) is 46.3 Å². The molecule has 1 atom stereocenters. The highest BCUT2D eigenvalue weighted by molar-refractivity contribution is 6.22. The van der Waals surface area contributed by atoms with Crippen molar-refractivity contribution < 1.29 is 24.3 Å². The first-order valence-electron chi connectivity index (χ1n) is 7.21. The van der Waals surface area contributed by atoms with Crippen LogP contribution in [0, 0.1) is 12.8 Å². The summed E-state index contributed by atoms with van der Waals surface area (Å²) in [6.07, 6.45) is 0. The van der Waals surface area contributed by atoms with Crippen molar-refractivity contribution in [2.75, 3.05) is 6.54 Å². The normalized spacial score (nSPS) is 14.9. The van der Waals surface area contributed by atoms with Crippen LogP contribution in [0.15, 0.2) is 18.2 Å². The first kappa shape index (κ1) is 16.7. The zero-order valence-electron chi connectivity index (χ0n) is 13.1. The molecular formula is C16H18N2O5. The van der Waals surface area contributed by atoms with E-state index in [4.69, 9.17) is 5.11 Å². The number of nitrogens with zero attached hydrogens (tertiary/aromatic N) is 1. The van der Waals surface area contributed by atoms with Gasteiger partial charge in [0, 0.05) is 0 Å². The summed E-state index contributed by atoms with van der Waals surface area (Å²) in [7, 11) is 0. The smallest absolute Gasteiger partial charge is 0.326 e. The van der Waals surface area contributed by atoms with Crippen LogP contribution in [0.1, 0.15) is 40.1 Å². The highest BCUT2D eigenvalue weighted by Gasteiger charge is 2.37. The zero-order chi connectivity index (χ0) is 17.3. The molecule has 0 bridgehead atoms. The van der Waals surface area contributed by atoms with Crippen molar-refractivity contribution in [3.63, 3.8) is 0 Å². The van der Waals surface area contributed by atoms with Crippen molar-refractivity contribution >= 4 is 23.7 Å². The van der Waals surface area contributed by atoms with Crippen molar-refractivity contribution in [2.24, 2.45) is 5.92 Å². The molecule has 122 valence electrons. The van der Waals surface area contributed by atoms with Gasteiger partial charge in [0.1, 0.15) is 12.6 Å². The van der Waals surface area contributed by atoms with Gasteiger partial charge in [0.05, 0.1) is 11.1 Å². The van der Waals surface area contributed by atoms with E-state index in [1.807, 2.05) is 0 Å². The van der Waals surface area contributed by atoms with Gasteiger partial charge in [-0.15, -0.1) is 0 Å². The van der Waals surface area contributed by atoms with E-state index in [1.54, 1.807) is 39.0 Å². The van der Waals surface area contributed by atoms with Gasteiger partial charge in [0.2, 0.25) is 5.91 Å². The molecule has 2 rings (SSSR count). The fourth-order valence-electron chi connectivity index (χ4n) is 2.42. The third-order valence-corrected chi connectivity index (χ3v) is 3.68. The van der Waals surface area contributed by atoms with Crippen LogP contribution < -0.4 is 5.32 Å². The van der Waals surface area contributed by atoms with Gasteiger partial charge in [-0.3, -0.25) is 19.3 Å². The summed E-state index contributed by atoms with van der Waals surface area (Å²) in [6, 6.07) is 3.80. The molecule has 7 nitrogen and oxygen atoms in total. The van der Waals surface area contributed by atoms with Crippen LogP contribution in [0.25, 0.3) is 0 Å². The Hall–Kier alpha value is -2.70. The number of nitrogens with one attached hydrogen (secondary N) is 1. The molecule has 23 heavy (non-hydrogen) atoms. The second-order valence-electron chi connectivity index (χ2n) is 5.87. The molecule has 2 N–H and O–H groups in total. The number of amides is 3. The predicted molar refractivity (Wildman–Crippen MR) is 81.0 cm³/mol. The molecule has 0 radical (unpaired) electrons. The second kappa shape index (κ2) is 6.20. The van der Waals surface area contributed by atoms with E-state index in [0.29, 0.717) is 0 Å². The molecule has 0 fully saturated rings. The number of aliphatic carboxylic acids is 1. The molecule has 0 spiro atoms. The maximum absolute atomic E-state index is 12.3. The van der Waals surface area contributed by atoms with Crippen LogP contribution in [0.5, 0.6) is 0 Å². The van der Waals surface area contributed by atoms with E-state index in [9.17, 15) is 19.2 Å². The average Bonchev–Trinajstić information content (AvgIpc) is 2.69. The summed E-state index contributed by atoms with van der Waals surface area (Å²) in [5.41, 5.74) is 1.36. The van der Waals surface area contributed by atoms with Gasteiger partial charge < -0.3 is 10.4 Å². The van der Waals surface area contributed by atoms with Crippen LogP contribution in [-0.2, 0) is 9.59 Å². The van der Waals surface area contributed by atoms with Gasteiger partial charge in [-0.05, 0) is 25.0 Å². The Labute approximate surface area is 133 Å². The summed E-state index contributed by atoms with van der Waals surface area (Å²) in [4.78, 5) is 48.4. The Morgan fingerprint density at radius 1 is 1.17 bits per heavy atom. The molecule has 0 saturated carbocycles. The van der Waals surface area contributed by atoms with Gasteiger partial charge in [-0.1, -0.05) is 25.5 Å². The van der Waals surface area contributed by atoms with Gasteiger partial charge in [-0.2, -0.15) is 0 Å². The van der Waals surface area contributed by atoms with Crippen LogP contribution in [0.3, 0.4) is 0 Å². The third kappa shape index (κ3) is 3.23. The molecule has 1 aromatic rings. The summed E-state index contributed by atoms with van der Waals surface area (Å²) in [5, 5.41) is 11.4. The first-order chi connectivity index (χ1) is 10.7. The number of fused-ring (bicyclic) bond motifs is 1. The molecule has 1 aromatic carbocycles. The summed E-state index contributed by atoms with van der Waals surface area (Å²) in [5.74, 6) is -3.25. The number of carboxylic acid groups (broad SMARTS) is 1. The molecule has 7 heteroatoms. The van der Waals surface area contributed by atoms with Crippen molar-refractivity contribution in [1.29, 1.82) is 0 Å². The maximum atomic E-state index is 12.3. The SMILES string of the molecule is Cc1ccc2c(c1)C(=O)N(CC(=O)NC(C(=O)O)C(C)C)C2=O. The molecule has 0 saturated heterocycles. The van der Waals surface area contributed by atoms with Gasteiger partial charge in [0.15, 0.2) is 0 Å². The van der Waals surface area contributed by atoms with Crippen molar-refractivity contribution in [2.45, 2.75) is 26.8 Å². The summed E-state index contributed by atoms with van der Waals surface area (Å²) >= 11 is 0. The van der Waals surface area contributed by atoms with Gasteiger partial charge >= 0.3 is 5.97 Å². The Bertz CT molecular complexity index is 696. The molecule has 1 heterocycles. The number of rotatable bonds is 5. The van der Waals surface area contributed by atoms with E-state index in [2.05, 4.69) is 5.32 Å². The lowest BCUT2D eigenvalue weighted by Crippen LogP contribution is -2.49. The second-order valence-corrected chi connectivity index (χ2v) is 5.87. The summed E-state index contributed by atoms with van der Waals surface area (Å²) in [6.45, 7) is 4.61. The zero-order valence-corrected chi connectivity index (χ0v) is 13.1. The van der Waals surface area contributed by atoms with Crippen molar-refractivity contribution in [1.82, 2.24) is 10.2 Å². The third-order valence-electron chi connectivity index (χ3n) is 3.68. The number of aryl methyl sites for hydroxylation is 1. The van der Waals surface area contributed by atoms with Crippen LogP contribution in [0.2, 0.25) is 0 Å². The summed E-state index contributed by atoms with van der Waals surface area (Å²) < 4.78 is 0. The number of hydrogen-bond donors (Lipinski definition) is 2. The quantitative estimate of drug-likeness (QED) is 0.782. The van der Waals surface area contributed by atoms with Crippen LogP contribution in [0.4, 0.5) is 0 Å². The first-order valence-corrected chi connectivity index (χ1v) is 7.21. The predicted octanol–water partition coefficient (Wildman–Crippen LogP) is 0.816. The highest BCUT2D eigenvalue weighted by Crippen LogP contribution is 2.23. The highest BCUT2D eigenvalue weighted by atomic mass is 16.4. The standard InChI is InChI=1S/C16H18N2O5/c1-8(2)13(16(22)23)17-12(19)7-18-14(20)10-5-4-9(3)6-11(10)15(18)21/h4-6,8,13H,7H2,1-3H3,(H,17,19)(H,22,23). The molecule has 1 aliphatic rings. The molecular weight excluding hydrogens is 300 g/mol. The number of carbonyl (C=O) groups is 4. The largest absolute Gasteiger partial charge is 0.480 e. The molecule has 1 aliphatic heterocycles. The number of carboxylic acids is 1. The van der Waals surface area contributed by atoms with Crippen LogP contribution >= 0.6 is 0 Å². The van der Waals surface area contributed by atoms with E-state index >= 15 is 0 Å². The Morgan fingerprint density at radius 2 is 1.78 bits per heavy atom. The molecule has 0 aliphatic carbocycles. The minimum absolute atomic E-state index is 0.257. The number of benzene rings is 1. The van der Waals surface area contributed by atoms with E-state index < -0.39 is 36.3 Å².